The minimum Gasteiger partial charge on any atom is -0.490 e. The Balaban J connectivity index is 2.62. The number of hydrogen-bond acceptors (Lipinski definition) is 4. The number of benzene rings is 1. The molecule has 0 fully saturated rings. The standard InChI is InChI=1S/C14H19BrN2O4/c1-21-13-11(7-6-8-12(13)17(19)20)14(18)16-10-5-3-2-4-9-15/h6-8H,2-5,9-10H2,1H3,(H,16,18). The van der Waals surface area contributed by atoms with Crippen LogP contribution in [0.1, 0.15) is 36.0 Å². The number of para-hydroxylation sites is 1. The zero-order valence-electron chi connectivity index (χ0n) is 11.9. The van der Waals surface area contributed by atoms with Gasteiger partial charge < -0.3 is 10.1 Å². The molecule has 21 heavy (non-hydrogen) atoms. The number of methoxy groups -OCH3 is 1. The van der Waals surface area contributed by atoms with Crippen LogP contribution < -0.4 is 10.1 Å². The number of unbranched alkanes of at least 4 members (excludes halogenated alkanes) is 3. The maximum absolute atomic E-state index is 12.1. The quantitative estimate of drug-likeness (QED) is 0.318. The summed E-state index contributed by atoms with van der Waals surface area (Å²) in [4.78, 5) is 22.4. The SMILES string of the molecule is COc1c(C(=O)NCCCCCCBr)cccc1[N+](=O)[O-]. The van der Waals surface area contributed by atoms with Gasteiger partial charge in [-0.3, -0.25) is 14.9 Å². The van der Waals surface area contributed by atoms with E-state index in [1.807, 2.05) is 0 Å². The number of alkyl halides is 1. The Hall–Kier alpha value is -1.63. The number of nitrogens with zero attached hydrogens (tertiary/aromatic N) is 1. The summed E-state index contributed by atoms with van der Waals surface area (Å²) in [6.45, 7) is 0.549. The molecule has 0 bridgehead atoms. The van der Waals surface area contributed by atoms with Crippen LogP contribution in [0.5, 0.6) is 5.75 Å². The van der Waals surface area contributed by atoms with Gasteiger partial charge in [0, 0.05) is 17.9 Å². The highest BCUT2D eigenvalue weighted by Gasteiger charge is 2.22. The number of hydrogen-bond donors (Lipinski definition) is 1. The van der Waals surface area contributed by atoms with Crippen molar-refractivity contribution in [2.45, 2.75) is 25.7 Å². The van der Waals surface area contributed by atoms with Crippen molar-refractivity contribution in [1.29, 1.82) is 0 Å². The third-order valence-corrected chi connectivity index (χ3v) is 3.55. The van der Waals surface area contributed by atoms with Crippen molar-refractivity contribution >= 4 is 27.5 Å². The number of carbonyl (C=O) groups excluding carboxylic acids is 1. The number of ether oxygens (including phenoxy) is 1. The normalized spacial score (nSPS) is 10.2. The van der Waals surface area contributed by atoms with E-state index < -0.39 is 4.92 Å². The summed E-state index contributed by atoms with van der Waals surface area (Å²) in [5.41, 5.74) is -0.0189. The van der Waals surface area contributed by atoms with Gasteiger partial charge in [-0.15, -0.1) is 0 Å². The Kier molecular flexibility index (Phi) is 7.74. The van der Waals surface area contributed by atoms with E-state index in [2.05, 4.69) is 21.2 Å². The molecule has 1 aromatic carbocycles. The summed E-state index contributed by atoms with van der Waals surface area (Å²) in [6, 6.07) is 4.31. The highest BCUT2D eigenvalue weighted by molar-refractivity contribution is 9.09. The molecule has 0 aliphatic heterocycles. The molecule has 0 radical (unpaired) electrons. The Labute approximate surface area is 132 Å². The molecule has 0 saturated heterocycles. The Morgan fingerprint density at radius 1 is 1.33 bits per heavy atom. The third-order valence-electron chi connectivity index (χ3n) is 2.99. The second-order valence-electron chi connectivity index (χ2n) is 4.47. The van der Waals surface area contributed by atoms with Crippen LogP contribution in [-0.4, -0.2) is 29.8 Å². The van der Waals surface area contributed by atoms with Crippen LogP contribution in [0.15, 0.2) is 18.2 Å². The molecule has 0 unspecified atom stereocenters. The smallest absolute Gasteiger partial charge is 0.311 e. The van der Waals surface area contributed by atoms with E-state index in [1.165, 1.54) is 25.3 Å². The predicted octanol–water partition coefficient (Wildman–Crippen LogP) is 3.29. The number of nitro groups is 1. The number of halogens is 1. The van der Waals surface area contributed by atoms with Crippen LogP contribution in [0.3, 0.4) is 0 Å². The summed E-state index contributed by atoms with van der Waals surface area (Å²) in [7, 11) is 1.32. The molecular formula is C14H19BrN2O4. The van der Waals surface area contributed by atoms with Gasteiger partial charge in [0.15, 0.2) is 0 Å². The summed E-state index contributed by atoms with van der Waals surface area (Å²) in [5.74, 6) is -0.352. The zero-order valence-corrected chi connectivity index (χ0v) is 13.5. The van der Waals surface area contributed by atoms with Crippen LogP contribution in [-0.2, 0) is 0 Å². The first-order valence-corrected chi connectivity index (χ1v) is 7.89. The molecule has 0 saturated carbocycles. The Morgan fingerprint density at radius 2 is 2.05 bits per heavy atom. The fourth-order valence-electron chi connectivity index (χ4n) is 1.93. The average molecular weight is 359 g/mol. The molecule has 0 atom stereocenters. The maximum atomic E-state index is 12.1. The van der Waals surface area contributed by atoms with Crippen LogP contribution in [0.25, 0.3) is 0 Å². The van der Waals surface area contributed by atoms with E-state index in [4.69, 9.17) is 4.74 Å². The molecule has 0 spiro atoms. The Morgan fingerprint density at radius 3 is 2.67 bits per heavy atom. The highest BCUT2D eigenvalue weighted by atomic mass is 79.9. The molecule has 0 heterocycles. The van der Waals surface area contributed by atoms with E-state index in [1.54, 1.807) is 0 Å². The van der Waals surface area contributed by atoms with Crippen molar-refractivity contribution in [3.8, 4) is 5.75 Å². The molecule has 1 rings (SSSR count). The zero-order chi connectivity index (χ0) is 15.7. The number of nitrogens with one attached hydrogen (secondary N) is 1. The van der Waals surface area contributed by atoms with Crippen LogP contribution in [0, 0.1) is 10.1 Å². The van der Waals surface area contributed by atoms with E-state index in [9.17, 15) is 14.9 Å². The summed E-state index contributed by atoms with van der Waals surface area (Å²) >= 11 is 3.37. The van der Waals surface area contributed by atoms with Gasteiger partial charge in [-0.25, -0.2) is 0 Å². The van der Waals surface area contributed by atoms with Crippen LogP contribution >= 0.6 is 15.9 Å². The van der Waals surface area contributed by atoms with Crippen molar-refractivity contribution in [3.05, 3.63) is 33.9 Å². The molecular weight excluding hydrogens is 340 g/mol. The summed E-state index contributed by atoms with van der Waals surface area (Å²) < 4.78 is 5.01. The fraction of sp³-hybridized carbons (Fsp3) is 0.500. The van der Waals surface area contributed by atoms with E-state index in [-0.39, 0.29) is 22.9 Å². The van der Waals surface area contributed by atoms with Crippen molar-refractivity contribution in [3.63, 3.8) is 0 Å². The van der Waals surface area contributed by atoms with E-state index in [0.29, 0.717) is 6.54 Å². The second kappa shape index (κ2) is 9.33. The number of amides is 1. The van der Waals surface area contributed by atoms with Crippen molar-refractivity contribution in [1.82, 2.24) is 5.32 Å². The lowest BCUT2D eigenvalue weighted by molar-refractivity contribution is -0.385. The van der Waals surface area contributed by atoms with Crippen molar-refractivity contribution in [2.24, 2.45) is 0 Å². The molecule has 0 aromatic heterocycles. The minimum atomic E-state index is -0.560. The van der Waals surface area contributed by atoms with Gasteiger partial charge in [0.05, 0.1) is 17.6 Å². The largest absolute Gasteiger partial charge is 0.490 e. The third kappa shape index (κ3) is 5.34. The van der Waals surface area contributed by atoms with E-state index in [0.717, 1.165) is 31.0 Å². The lowest BCUT2D eigenvalue weighted by Crippen LogP contribution is -2.25. The van der Waals surface area contributed by atoms with Gasteiger partial charge in [-0.2, -0.15) is 0 Å². The molecule has 6 nitrogen and oxygen atoms in total. The maximum Gasteiger partial charge on any atom is 0.311 e. The van der Waals surface area contributed by atoms with Gasteiger partial charge in [0.25, 0.3) is 5.91 Å². The van der Waals surface area contributed by atoms with Crippen LogP contribution in [0.4, 0.5) is 5.69 Å². The monoisotopic (exact) mass is 358 g/mol. The Bertz CT molecular complexity index is 494. The van der Waals surface area contributed by atoms with Gasteiger partial charge in [0.2, 0.25) is 5.75 Å². The van der Waals surface area contributed by atoms with Crippen molar-refractivity contribution in [2.75, 3.05) is 19.0 Å². The van der Waals surface area contributed by atoms with Crippen molar-refractivity contribution < 1.29 is 14.5 Å². The molecule has 1 amide bonds. The first kappa shape index (κ1) is 17.4. The lowest BCUT2D eigenvalue weighted by atomic mass is 10.1. The first-order chi connectivity index (χ1) is 10.1. The minimum absolute atomic E-state index is 0.000659. The number of carbonyl (C=O) groups is 1. The highest BCUT2D eigenvalue weighted by Crippen LogP contribution is 2.30. The number of rotatable bonds is 9. The van der Waals surface area contributed by atoms with Gasteiger partial charge >= 0.3 is 5.69 Å². The first-order valence-electron chi connectivity index (χ1n) is 6.77. The fourth-order valence-corrected chi connectivity index (χ4v) is 2.33. The number of nitro benzene ring substituents is 1. The lowest BCUT2D eigenvalue weighted by Gasteiger charge is -2.09. The summed E-state index contributed by atoms with van der Waals surface area (Å²) in [5, 5.41) is 14.7. The second-order valence-corrected chi connectivity index (χ2v) is 5.27. The molecule has 1 N–H and O–H groups in total. The van der Waals surface area contributed by atoms with E-state index >= 15 is 0 Å². The predicted molar refractivity (Wildman–Crippen MR) is 84.2 cm³/mol. The molecule has 7 heteroatoms. The van der Waals surface area contributed by atoms with Crippen LogP contribution in [0.2, 0.25) is 0 Å². The molecule has 0 aliphatic rings. The molecule has 116 valence electrons. The van der Waals surface area contributed by atoms with Gasteiger partial charge in [0.1, 0.15) is 0 Å². The van der Waals surface area contributed by atoms with Gasteiger partial charge in [-0.05, 0) is 18.9 Å². The summed E-state index contributed by atoms with van der Waals surface area (Å²) in [6.07, 6.45) is 4.15. The molecule has 1 aromatic rings. The average Bonchev–Trinajstić information content (AvgIpc) is 2.49. The van der Waals surface area contributed by atoms with Gasteiger partial charge in [-0.1, -0.05) is 34.8 Å². The molecule has 0 aliphatic carbocycles. The topological polar surface area (TPSA) is 81.5 Å².